The average molecular weight is 372 g/mol. The molecule has 1 aromatic heterocycles. The number of fused-ring (bicyclic) bond motifs is 1. The predicted molar refractivity (Wildman–Crippen MR) is 89.2 cm³/mol. The van der Waals surface area contributed by atoms with Gasteiger partial charge in [0.15, 0.2) is 0 Å². The summed E-state index contributed by atoms with van der Waals surface area (Å²) in [6, 6.07) is 4.45. The lowest BCUT2D eigenvalue weighted by atomic mass is 9.79. The summed E-state index contributed by atoms with van der Waals surface area (Å²) >= 11 is 3.44. The van der Waals surface area contributed by atoms with Gasteiger partial charge in [-0.15, -0.1) is 5.10 Å². The molecule has 0 saturated carbocycles. The third kappa shape index (κ3) is 4.13. The summed E-state index contributed by atoms with van der Waals surface area (Å²) in [7, 11) is -2.68. The molecule has 2 N–H and O–H groups in total. The second-order valence-electron chi connectivity index (χ2n) is 6.14. The van der Waals surface area contributed by atoms with Crippen LogP contribution in [0.2, 0.25) is 25.7 Å². The van der Waals surface area contributed by atoms with Crippen molar-refractivity contribution < 1.29 is 14.8 Å². The van der Waals surface area contributed by atoms with Crippen LogP contribution in [0.4, 0.5) is 0 Å². The van der Waals surface area contributed by atoms with Crippen LogP contribution in [0, 0.1) is 0 Å². The van der Waals surface area contributed by atoms with E-state index in [1.807, 2.05) is 0 Å². The maximum atomic E-state index is 9.36. The van der Waals surface area contributed by atoms with Crippen LogP contribution in [0.25, 0.3) is 11.0 Å². The Morgan fingerprint density at radius 1 is 1.33 bits per heavy atom. The van der Waals surface area contributed by atoms with Crippen molar-refractivity contribution in [2.24, 2.45) is 0 Å². The fraction of sp³-hybridized carbons (Fsp3) is 0.500. The molecule has 6 nitrogen and oxygen atoms in total. The van der Waals surface area contributed by atoms with E-state index in [9.17, 15) is 10.0 Å². The minimum Gasteiger partial charge on any atom is -0.423 e. The minimum atomic E-state index is -1.57. The highest BCUT2D eigenvalue weighted by molar-refractivity contribution is 9.10. The van der Waals surface area contributed by atoms with Gasteiger partial charge in [-0.05, 0) is 28.0 Å². The molecule has 0 atom stereocenters. The zero-order chi connectivity index (χ0) is 15.6. The van der Waals surface area contributed by atoms with Crippen molar-refractivity contribution in [2.75, 3.05) is 6.61 Å². The monoisotopic (exact) mass is 371 g/mol. The van der Waals surface area contributed by atoms with Crippen molar-refractivity contribution in [1.29, 1.82) is 0 Å². The molecular weight excluding hydrogens is 353 g/mol. The standard InChI is InChI=1S/C12H19BBrN3O3Si/c1-21(2,3)7-6-20-8-17-12-10(14)5-4-9(13(18)19)11(12)15-16-17/h4-5,18-19H,6-8H2,1-3H3. The first kappa shape index (κ1) is 16.6. The Bertz CT molecular complexity index is 630. The lowest BCUT2D eigenvalue weighted by Crippen LogP contribution is -2.30. The lowest BCUT2D eigenvalue weighted by Gasteiger charge is -2.15. The molecule has 0 spiro atoms. The molecule has 1 aromatic carbocycles. The van der Waals surface area contributed by atoms with Gasteiger partial charge in [-0.2, -0.15) is 0 Å². The summed E-state index contributed by atoms with van der Waals surface area (Å²) in [6.07, 6.45) is 0. The predicted octanol–water partition coefficient (Wildman–Crippen LogP) is 1.19. The largest absolute Gasteiger partial charge is 0.490 e. The van der Waals surface area contributed by atoms with Crippen molar-refractivity contribution in [3.05, 3.63) is 16.6 Å². The molecule has 0 amide bonds. The van der Waals surface area contributed by atoms with Crippen LogP contribution in [0.15, 0.2) is 16.6 Å². The van der Waals surface area contributed by atoms with Gasteiger partial charge in [-0.1, -0.05) is 30.9 Å². The Hall–Kier alpha value is -0.738. The second kappa shape index (κ2) is 6.57. The summed E-state index contributed by atoms with van der Waals surface area (Å²) in [5.41, 5.74) is 1.50. The SMILES string of the molecule is C[Si](C)(C)CCOCn1nnc2c(B(O)O)ccc(Br)c21. The third-order valence-corrected chi connectivity index (χ3v) is 5.48. The maximum absolute atomic E-state index is 9.36. The number of rotatable bonds is 6. The van der Waals surface area contributed by atoms with Crippen molar-refractivity contribution in [2.45, 2.75) is 32.4 Å². The van der Waals surface area contributed by atoms with E-state index in [1.54, 1.807) is 16.8 Å². The van der Waals surface area contributed by atoms with Crippen LogP contribution in [-0.2, 0) is 11.5 Å². The van der Waals surface area contributed by atoms with E-state index in [0.29, 0.717) is 29.8 Å². The van der Waals surface area contributed by atoms with Gasteiger partial charge in [0.1, 0.15) is 17.8 Å². The van der Waals surface area contributed by atoms with E-state index in [2.05, 4.69) is 45.9 Å². The van der Waals surface area contributed by atoms with Gasteiger partial charge in [0.25, 0.3) is 0 Å². The fourth-order valence-corrected chi connectivity index (χ4v) is 3.17. The number of halogens is 1. The molecule has 0 fully saturated rings. The number of nitrogens with zero attached hydrogens (tertiary/aromatic N) is 3. The molecule has 2 aromatic rings. The van der Waals surface area contributed by atoms with Crippen LogP contribution in [-0.4, -0.2) is 46.8 Å². The molecule has 0 radical (unpaired) electrons. The van der Waals surface area contributed by atoms with Crippen LogP contribution in [0.3, 0.4) is 0 Å². The van der Waals surface area contributed by atoms with Gasteiger partial charge in [0.05, 0.1) is 0 Å². The summed E-state index contributed by atoms with van der Waals surface area (Å²) in [4.78, 5) is 0. The van der Waals surface area contributed by atoms with Crippen LogP contribution < -0.4 is 5.46 Å². The Morgan fingerprint density at radius 2 is 2.05 bits per heavy atom. The number of hydrogen-bond acceptors (Lipinski definition) is 5. The number of hydrogen-bond donors (Lipinski definition) is 2. The normalized spacial score (nSPS) is 12.1. The number of aromatic nitrogens is 3. The topological polar surface area (TPSA) is 80.4 Å². The van der Waals surface area contributed by atoms with Gasteiger partial charge >= 0.3 is 7.12 Å². The Morgan fingerprint density at radius 3 is 2.67 bits per heavy atom. The van der Waals surface area contributed by atoms with Crippen LogP contribution in [0.1, 0.15) is 0 Å². The van der Waals surface area contributed by atoms with E-state index < -0.39 is 15.2 Å². The van der Waals surface area contributed by atoms with Crippen LogP contribution in [0.5, 0.6) is 0 Å². The zero-order valence-corrected chi connectivity index (χ0v) is 15.0. The Balaban J connectivity index is 2.16. The molecule has 0 unspecified atom stereocenters. The number of ether oxygens (including phenoxy) is 1. The zero-order valence-electron chi connectivity index (χ0n) is 12.4. The Kier molecular flexibility index (Phi) is 5.20. The summed E-state index contributed by atoms with van der Waals surface area (Å²) in [6.45, 7) is 7.88. The quantitative estimate of drug-likeness (QED) is 0.588. The molecule has 21 heavy (non-hydrogen) atoms. The van der Waals surface area contributed by atoms with E-state index in [4.69, 9.17) is 4.74 Å². The summed E-state index contributed by atoms with van der Waals surface area (Å²) in [5.74, 6) is 0. The molecule has 0 saturated heterocycles. The second-order valence-corrected chi connectivity index (χ2v) is 12.6. The Labute approximate surface area is 133 Å². The van der Waals surface area contributed by atoms with E-state index in [0.717, 1.165) is 10.5 Å². The molecule has 1 heterocycles. The van der Waals surface area contributed by atoms with Gasteiger partial charge < -0.3 is 14.8 Å². The van der Waals surface area contributed by atoms with Crippen molar-refractivity contribution in [1.82, 2.24) is 15.0 Å². The summed E-state index contributed by atoms with van der Waals surface area (Å²) < 4.78 is 8.08. The first-order chi connectivity index (χ1) is 9.79. The van der Waals surface area contributed by atoms with Gasteiger partial charge in [0.2, 0.25) is 0 Å². The highest BCUT2D eigenvalue weighted by Gasteiger charge is 2.20. The highest BCUT2D eigenvalue weighted by atomic mass is 79.9. The lowest BCUT2D eigenvalue weighted by molar-refractivity contribution is 0.0802. The van der Waals surface area contributed by atoms with Crippen molar-refractivity contribution in [3.63, 3.8) is 0 Å². The smallest absolute Gasteiger partial charge is 0.423 e. The minimum absolute atomic E-state index is 0.296. The van der Waals surface area contributed by atoms with Crippen LogP contribution >= 0.6 is 15.9 Å². The molecule has 114 valence electrons. The average Bonchev–Trinajstić information content (AvgIpc) is 2.78. The van der Waals surface area contributed by atoms with Gasteiger partial charge in [0, 0.05) is 24.6 Å². The third-order valence-electron chi connectivity index (χ3n) is 3.13. The first-order valence-electron chi connectivity index (χ1n) is 6.75. The molecular formula is C12H19BBrN3O3Si. The van der Waals surface area contributed by atoms with Gasteiger partial charge in [-0.25, -0.2) is 4.68 Å². The van der Waals surface area contributed by atoms with Crippen molar-refractivity contribution >= 4 is 47.6 Å². The number of benzene rings is 1. The first-order valence-corrected chi connectivity index (χ1v) is 11.2. The maximum Gasteiger partial charge on any atom is 0.490 e. The molecule has 9 heteroatoms. The van der Waals surface area contributed by atoms with Gasteiger partial charge in [-0.3, -0.25) is 0 Å². The van der Waals surface area contributed by atoms with E-state index >= 15 is 0 Å². The highest BCUT2D eigenvalue weighted by Crippen LogP contribution is 2.21. The molecule has 0 aliphatic heterocycles. The van der Waals surface area contributed by atoms with E-state index in [-0.39, 0.29) is 0 Å². The van der Waals surface area contributed by atoms with Crippen molar-refractivity contribution in [3.8, 4) is 0 Å². The molecule has 0 aliphatic carbocycles. The molecule has 2 rings (SSSR count). The molecule has 0 bridgehead atoms. The van der Waals surface area contributed by atoms with E-state index in [1.165, 1.54) is 0 Å². The summed E-state index contributed by atoms with van der Waals surface area (Å²) in [5, 5.41) is 26.8. The fourth-order valence-electron chi connectivity index (χ4n) is 1.89. The molecule has 0 aliphatic rings.